The van der Waals surface area contributed by atoms with Crippen molar-refractivity contribution in [3.63, 3.8) is 0 Å². The summed E-state index contributed by atoms with van der Waals surface area (Å²) in [6.45, 7) is 8.10. The third-order valence-corrected chi connectivity index (χ3v) is 3.07. The Morgan fingerprint density at radius 2 is 2.24 bits per heavy atom. The van der Waals surface area contributed by atoms with Crippen LogP contribution in [0.5, 0.6) is 0 Å². The molecule has 1 aliphatic rings. The average Bonchev–Trinajstić information content (AvgIpc) is 2.35. The number of nitrogens with zero attached hydrogens (tertiary/aromatic N) is 3. The molecular formula is C11H18ClN5. The standard InChI is InChI=1S/C11H18ClN5/c1-9-15-8-10(12)11(16-9)14-4-7-17-5-2-13-3-6-17/h8,13H,2-7H2,1H3,(H,14,15,16). The molecule has 0 amide bonds. The number of halogens is 1. The van der Waals surface area contributed by atoms with E-state index in [4.69, 9.17) is 11.6 Å². The van der Waals surface area contributed by atoms with Gasteiger partial charge in [0, 0.05) is 39.3 Å². The number of rotatable bonds is 4. The number of nitrogens with one attached hydrogen (secondary N) is 2. The van der Waals surface area contributed by atoms with Gasteiger partial charge in [0.1, 0.15) is 16.7 Å². The lowest BCUT2D eigenvalue weighted by Crippen LogP contribution is -2.45. The number of aryl methyl sites for hydroxylation is 1. The number of anilines is 1. The summed E-state index contributed by atoms with van der Waals surface area (Å²) in [5.41, 5.74) is 0. The molecule has 2 rings (SSSR count). The van der Waals surface area contributed by atoms with E-state index in [0.29, 0.717) is 5.02 Å². The van der Waals surface area contributed by atoms with Crippen molar-refractivity contribution in [2.24, 2.45) is 0 Å². The largest absolute Gasteiger partial charge is 0.367 e. The Labute approximate surface area is 107 Å². The molecule has 1 aliphatic heterocycles. The second-order valence-electron chi connectivity index (χ2n) is 4.13. The number of hydrogen-bond acceptors (Lipinski definition) is 5. The van der Waals surface area contributed by atoms with Crippen molar-refractivity contribution >= 4 is 17.4 Å². The van der Waals surface area contributed by atoms with Crippen LogP contribution in [0.25, 0.3) is 0 Å². The van der Waals surface area contributed by atoms with Gasteiger partial charge in [0.05, 0.1) is 6.20 Å². The van der Waals surface area contributed by atoms with E-state index >= 15 is 0 Å². The summed E-state index contributed by atoms with van der Waals surface area (Å²) in [5.74, 6) is 1.47. The van der Waals surface area contributed by atoms with Gasteiger partial charge in [0.15, 0.2) is 0 Å². The van der Waals surface area contributed by atoms with Crippen LogP contribution in [0, 0.1) is 6.92 Å². The number of piperazine rings is 1. The van der Waals surface area contributed by atoms with E-state index in [1.54, 1.807) is 6.20 Å². The molecule has 0 saturated carbocycles. The van der Waals surface area contributed by atoms with Gasteiger partial charge >= 0.3 is 0 Å². The molecule has 0 unspecified atom stereocenters. The van der Waals surface area contributed by atoms with Gasteiger partial charge in [-0.25, -0.2) is 9.97 Å². The number of hydrogen-bond donors (Lipinski definition) is 2. The highest BCUT2D eigenvalue weighted by Crippen LogP contribution is 2.16. The Kier molecular flexibility index (Phi) is 4.53. The van der Waals surface area contributed by atoms with Crippen LogP contribution in [-0.2, 0) is 0 Å². The molecule has 1 aromatic rings. The lowest BCUT2D eigenvalue weighted by molar-refractivity contribution is 0.249. The van der Waals surface area contributed by atoms with Crippen molar-refractivity contribution in [1.29, 1.82) is 0 Å². The van der Waals surface area contributed by atoms with Gasteiger partial charge in [-0.15, -0.1) is 0 Å². The predicted octanol–water partition coefficient (Wildman–Crippen LogP) is 0.756. The van der Waals surface area contributed by atoms with Crippen LogP contribution in [0.15, 0.2) is 6.20 Å². The molecule has 0 atom stereocenters. The molecule has 2 N–H and O–H groups in total. The summed E-state index contributed by atoms with van der Waals surface area (Å²) in [5, 5.41) is 7.17. The quantitative estimate of drug-likeness (QED) is 0.832. The first-order valence-electron chi connectivity index (χ1n) is 5.92. The van der Waals surface area contributed by atoms with Crippen LogP contribution in [0.4, 0.5) is 5.82 Å². The highest BCUT2D eigenvalue weighted by Gasteiger charge is 2.09. The molecule has 17 heavy (non-hydrogen) atoms. The monoisotopic (exact) mass is 255 g/mol. The van der Waals surface area contributed by atoms with Gasteiger partial charge in [-0.1, -0.05) is 11.6 Å². The van der Waals surface area contributed by atoms with E-state index in [9.17, 15) is 0 Å². The summed E-state index contributed by atoms with van der Waals surface area (Å²) in [7, 11) is 0. The highest BCUT2D eigenvalue weighted by molar-refractivity contribution is 6.32. The van der Waals surface area contributed by atoms with Gasteiger partial charge in [-0.05, 0) is 6.92 Å². The van der Waals surface area contributed by atoms with E-state index in [0.717, 1.165) is 50.9 Å². The molecule has 1 fully saturated rings. The second kappa shape index (κ2) is 6.14. The van der Waals surface area contributed by atoms with Gasteiger partial charge in [0.25, 0.3) is 0 Å². The van der Waals surface area contributed by atoms with Crippen molar-refractivity contribution in [2.75, 3.05) is 44.6 Å². The smallest absolute Gasteiger partial charge is 0.148 e. The molecule has 0 radical (unpaired) electrons. The highest BCUT2D eigenvalue weighted by atomic mass is 35.5. The summed E-state index contributed by atoms with van der Waals surface area (Å²) >= 11 is 6.01. The van der Waals surface area contributed by atoms with Crippen LogP contribution in [0.1, 0.15) is 5.82 Å². The van der Waals surface area contributed by atoms with Crippen LogP contribution in [-0.4, -0.2) is 54.1 Å². The van der Waals surface area contributed by atoms with Crippen molar-refractivity contribution in [3.8, 4) is 0 Å². The zero-order chi connectivity index (χ0) is 12.1. The topological polar surface area (TPSA) is 53.1 Å². The lowest BCUT2D eigenvalue weighted by atomic mass is 10.3. The van der Waals surface area contributed by atoms with Crippen LogP contribution >= 0.6 is 11.6 Å². The Bertz CT molecular complexity index is 365. The predicted molar refractivity (Wildman–Crippen MR) is 69.6 cm³/mol. The molecule has 2 heterocycles. The van der Waals surface area contributed by atoms with Gasteiger partial charge in [-0.2, -0.15) is 0 Å². The summed E-state index contributed by atoms with van der Waals surface area (Å²) in [6.07, 6.45) is 1.64. The minimum atomic E-state index is 0.580. The molecule has 1 saturated heterocycles. The Morgan fingerprint density at radius 1 is 1.47 bits per heavy atom. The Morgan fingerprint density at radius 3 is 3.00 bits per heavy atom. The van der Waals surface area contributed by atoms with Crippen molar-refractivity contribution < 1.29 is 0 Å². The van der Waals surface area contributed by atoms with Gasteiger partial charge in [0.2, 0.25) is 0 Å². The molecule has 0 bridgehead atoms. The summed E-state index contributed by atoms with van der Waals surface area (Å²) in [6, 6.07) is 0. The van der Waals surface area contributed by atoms with Gasteiger partial charge in [-0.3, -0.25) is 4.90 Å². The first kappa shape index (κ1) is 12.5. The van der Waals surface area contributed by atoms with Gasteiger partial charge < -0.3 is 10.6 Å². The molecule has 5 nitrogen and oxygen atoms in total. The van der Waals surface area contributed by atoms with Crippen LogP contribution in [0.2, 0.25) is 5.02 Å². The molecular weight excluding hydrogens is 238 g/mol. The van der Waals surface area contributed by atoms with Crippen molar-refractivity contribution in [1.82, 2.24) is 20.2 Å². The lowest BCUT2D eigenvalue weighted by Gasteiger charge is -2.27. The van der Waals surface area contributed by atoms with Crippen molar-refractivity contribution in [2.45, 2.75) is 6.92 Å². The summed E-state index contributed by atoms with van der Waals surface area (Å²) in [4.78, 5) is 10.7. The molecule has 0 aliphatic carbocycles. The van der Waals surface area contributed by atoms with E-state index in [1.165, 1.54) is 0 Å². The molecule has 94 valence electrons. The molecule has 1 aromatic heterocycles. The van der Waals surface area contributed by atoms with Crippen molar-refractivity contribution in [3.05, 3.63) is 17.0 Å². The zero-order valence-corrected chi connectivity index (χ0v) is 10.8. The third-order valence-electron chi connectivity index (χ3n) is 2.79. The fraction of sp³-hybridized carbons (Fsp3) is 0.636. The minimum Gasteiger partial charge on any atom is -0.367 e. The molecule has 0 aromatic carbocycles. The maximum atomic E-state index is 6.01. The second-order valence-corrected chi connectivity index (χ2v) is 4.54. The third kappa shape index (κ3) is 3.80. The minimum absolute atomic E-state index is 0.580. The average molecular weight is 256 g/mol. The summed E-state index contributed by atoms with van der Waals surface area (Å²) < 4.78 is 0. The first-order valence-corrected chi connectivity index (χ1v) is 6.29. The van der Waals surface area contributed by atoms with Crippen LogP contribution in [0.3, 0.4) is 0 Å². The molecule has 6 heteroatoms. The maximum absolute atomic E-state index is 6.01. The maximum Gasteiger partial charge on any atom is 0.148 e. The van der Waals surface area contributed by atoms with E-state index in [2.05, 4.69) is 25.5 Å². The van der Waals surface area contributed by atoms with Crippen LogP contribution < -0.4 is 10.6 Å². The zero-order valence-electron chi connectivity index (χ0n) is 10.0. The van der Waals surface area contributed by atoms with E-state index < -0.39 is 0 Å². The normalized spacial score (nSPS) is 17.1. The SMILES string of the molecule is Cc1ncc(Cl)c(NCCN2CCNCC2)n1. The fourth-order valence-corrected chi connectivity index (χ4v) is 2.00. The first-order chi connectivity index (χ1) is 8.25. The van der Waals surface area contributed by atoms with E-state index in [1.807, 2.05) is 6.92 Å². The van der Waals surface area contributed by atoms with E-state index in [-0.39, 0.29) is 0 Å². The molecule has 0 spiro atoms. The Hall–Kier alpha value is -0.910. The number of aromatic nitrogens is 2. The fourth-order valence-electron chi connectivity index (χ4n) is 1.85. The Balaban J connectivity index is 1.79.